The van der Waals surface area contributed by atoms with Crippen molar-refractivity contribution in [3.8, 4) is 5.75 Å². The van der Waals surface area contributed by atoms with Crippen LogP contribution in [0, 0.1) is 5.82 Å². The first-order valence-corrected chi connectivity index (χ1v) is 7.77. The van der Waals surface area contributed by atoms with Crippen LogP contribution in [0.4, 0.5) is 4.39 Å². The minimum atomic E-state index is -0.469. The van der Waals surface area contributed by atoms with E-state index in [2.05, 4.69) is 0 Å². The van der Waals surface area contributed by atoms with Crippen LogP contribution in [0.2, 0.25) is 0 Å². The van der Waals surface area contributed by atoms with Gasteiger partial charge < -0.3 is 9.47 Å². The summed E-state index contributed by atoms with van der Waals surface area (Å²) in [7, 11) is 0. The quantitative estimate of drug-likeness (QED) is 0.793. The van der Waals surface area contributed by atoms with Gasteiger partial charge in [0.1, 0.15) is 6.10 Å². The Morgan fingerprint density at radius 1 is 1.29 bits per heavy atom. The van der Waals surface area contributed by atoms with Crippen LogP contribution in [0.1, 0.15) is 55.3 Å². The topological polar surface area (TPSA) is 35.5 Å². The molecule has 0 amide bonds. The standard InChI is InChI=1S/C17H21FO3/c18-15-6-4-5-13(12-19)16(15)21-14-7-10-20-17(11-14)8-2-1-3-9-17/h4-6,12,14H,1-3,7-11H2. The van der Waals surface area contributed by atoms with Crippen molar-refractivity contribution >= 4 is 6.29 Å². The highest BCUT2D eigenvalue weighted by atomic mass is 19.1. The molecule has 3 rings (SSSR count). The summed E-state index contributed by atoms with van der Waals surface area (Å²) in [4.78, 5) is 11.0. The molecule has 1 atom stereocenters. The number of carbonyl (C=O) groups excluding carboxylic acids is 1. The van der Waals surface area contributed by atoms with Crippen LogP contribution in [-0.2, 0) is 4.74 Å². The van der Waals surface area contributed by atoms with E-state index in [9.17, 15) is 9.18 Å². The van der Waals surface area contributed by atoms with Crippen LogP contribution < -0.4 is 4.74 Å². The maximum absolute atomic E-state index is 13.9. The highest BCUT2D eigenvalue weighted by Crippen LogP contribution is 2.40. The number of hydrogen-bond acceptors (Lipinski definition) is 3. The number of aldehydes is 1. The van der Waals surface area contributed by atoms with Gasteiger partial charge in [-0.3, -0.25) is 4.79 Å². The highest BCUT2D eigenvalue weighted by Gasteiger charge is 2.39. The zero-order chi connectivity index (χ0) is 14.7. The van der Waals surface area contributed by atoms with E-state index < -0.39 is 5.82 Å². The average Bonchev–Trinajstić information content (AvgIpc) is 2.50. The Labute approximate surface area is 124 Å². The molecule has 0 radical (unpaired) electrons. The molecule has 114 valence electrons. The van der Waals surface area contributed by atoms with E-state index >= 15 is 0 Å². The van der Waals surface area contributed by atoms with Gasteiger partial charge in [0, 0.05) is 12.8 Å². The predicted octanol–water partition coefficient (Wildman–Crippen LogP) is 3.90. The average molecular weight is 292 g/mol. The smallest absolute Gasteiger partial charge is 0.165 e. The zero-order valence-corrected chi connectivity index (χ0v) is 12.1. The lowest BCUT2D eigenvalue weighted by Gasteiger charge is -2.43. The van der Waals surface area contributed by atoms with Crippen LogP contribution in [-0.4, -0.2) is 24.6 Å². The molecule has 4 heteroatoms. The molecule has 1 aliphatic carbocycles. The van der Waals surface area contributed by atoms with E-state index in [-0.39, 0.29) is 23.0 Å². The van der Waals surface area contributed by atoms with Crippen molar-refractivity contribution in [3.05, 3.63) is 29.6 Å². The van der Waals surface area contributed by atoms with Gasteiger partial charge >= 0.3 is 0 Å². The van der Waals surface area contributed by atoms with E-state index in [4.69, 9.17) is 9.47 Å². The van der Waals surface area contributed by atoms with Crippen LogP contribution in [0.5, 0.6) is 5.75 Å². The van der Waals surface area contributed by atoms with Gasteiger partial charge in [0.05, 0.1) is 17.8 Å². The van der Waals surface area contributed by atoms with Gasteiger partial charge in [0.15, 0.2) is 17.9 Å². The summed E-state index contributed by atoms with van der Waals surface area (Å²) in [5.41, 5.74) is 0.188. The molecule has 0 aromatic heterocycles. The largest absolute Gasteiger partial charge is 0.486 e. The van der Waals surface area contributed by atoms with E-state index in [1.807, 2.05) is 0 Å². The summed E-state index contributed by atoms with van der Waals surface area (Å²) >= 11 is 0. The molecule has 1 unspecified atom stereocenters. The summed E-state index contributed by atoms with van der Waals surface area (Å²) in [6, 6.07) is 4.44. The fraction of sp³-hybridized carbons (Fsp3) is 0.588. The first-order chi connectivity index (χ1) is 10.2. The molecule has 1 heterocycles. The van der Waals surface area contributed by atoms with E-state index in [0.717, 1.165) is 25.7 Å². The molecule has 1 aliphatic heterocycles. The molecule has 3 nitrogen and oxygen atoms in total. The third-order valence-corrected chi connectivity index (χ3v) is 4.62. The molecule has 2 aliphatic rings. The van der Waals surface area contributed by atoms with Gasteiger partial charge in [-0.05, 0) is 25.0 Å². The van der Waals surface area contributed by atoms with Gasteiger partial charge in [0.2, 0.25) is 0 Å². The van der Waals surface area contributed by atoms with Crippen molar-refractivity contribution in [1.82, 2.24) is 0 Å². The van der Waals surface area contributed by atoms with Gasteiger partial charge in [-0.15, -0.1) is 0 Å². The van der Waals surface area contributed by atoms with Crippen molar-refractivity contribution in [2.24, 2.45) is 0 Å². The molecular formula is C17H21FO3. The van der Waals surface area contributed by atoms with Crippen LogP contribution >= 0.6 is 0 Å². The summed E-state index contributed by atoms with van der Waals surface area (Å²) in [5, 5.41) is 0. The molecule has 0 N–H and O–H groups in total. The highest BCUT2D eigenvalue weighted by molar-refractivity contribution is 5.79. The summed E-state index contributed by atoms with van der Waals surface area (Å²) in [6.45, 7) is 0.648. The minimum absolute atomic E-state index is 0.0764. The second-order valence-corrected chi connectivity index (χ2v) is 6.10. The third kappa shape index (κ3) is 3.10. The number of carbonyl (C=O) groups is 1. The Morgan fingerprint density at radius 3 is 2.86 bits per heavy atom. The van der Waals surface area contributed by atoms with Crippen molar-refractivity contribution in [1.29, 1.82) is 0 Å². The molecule has 2 fully saturated rings. The SMILES string of the molecule is O=Cc1cccc(F)c1OC1CCOC2(CCCCC2)C1. The van der Waals surface area contributed by atoms with Gasteiger partial charge in [-0.2, -0.15) is 0 Å². The van der Waals surface area contributed by atoms with Crippen molar-refractivity contribution in [2.45, 2.75) is 56.7 Å². The van der Waals surface area contributed by atoms with Gasteiger partial charge in [0.25, 0.3) is 0 Å². The number of ether oxygens (including phenoxy) is 2. The maximum atomic E-state index is 13.9. The van der Waals surface area contributed by atoms with Gasteiger partial charge in [-0.25, -0.2) is 4.39 Å². The van der Waals surface area contributed by atoms with Gasteiger partial charge in [-0.1, -0.05) is 25.3 Å². The summed E-state index contributed by atoms with van der Waals surface area (Å²) in [5.74, 6) is -0.380. The molecule has 1 aromatic rings. The Bertz CT molecular complexity index is 503. The molecule has 1 saturated heterocycles. The Kier molecular flexibility index (Phi) is 4.24. The van der Waals surface area contributed by atoms with Crippen molar-refractivity contribution in [3.63, 3.8) is 0 Å². The molecule has 1 aromatic carbocycles. The number of halogens is 1. The number of para-hydroxylation sites is 1. The van der Waals surface area contributed by atoms with Crippen LogP contribution in [0.25, 0.3) is 0 Å². The molecule has 1 spiro atoms. The first kappa shape index (κ1) is 14.5. The Hall–Kier alpha value is -1.42. The maximum Gasteiger partial charge on any atom is 0.165 e. The second kappa shape index (κ2) is 6.14. The normalized spacial score (nSPS) is 24.7. The van der Waals surface area contributed by atoms with Crippen molar-refractivity contribution in [2.75, 3.05) is 6.61 Å². The predicted molar refractivity (Wildman–Crippen MR) is 77.2 cm³/mol. The number of benzene rings is 1. The van der Waals surface area contributed by atoms with Crippen LogP contribution in [0.3, 0.4) is 0 Å². The van der Waals surface area contributed by atoms with Crippen molar-refractivity contribution < 1.29 is 18.7 Å². The molecule has 21 heavy (non-hydrogen) atoms. The number of rotatable bonds is 3. The monoisotopic (exact) mass is 292 g/mol. The third-order valence-electron chi connectivity index (χ3n) is 4.62. The molecular weight excluding hydrogens is 271 g/mol. The van der Waals surface area contributed by atoms with Crippen LogP contribution in [0.15, 0.2) is 18.2 Å². The van der Waals surface area contributed by atoms with E-state index in [0.29, 0.717) is 12.9 Å². The molecule has 0 bridgehead atoms. The Balaban J connectivity index is 1.74. The lowest BCUT2D eigenvalue weighted by atomic mass is 9.79. The Morgan fingerprint density at radius 2 is 2.10 bits per heavy atom. The fourth-order valence-corrected chi connectivity index (χ4v) is 3.54. The lowest BCUT2D eigenvalue weighted by molar-refractivity contribution is -0.130. The van der Waals surface area contributed by atoms with E-state index in [1.165, 1.54) is 31.4 Å². The summed E-state index contributed by atoms with van der Waals surface area (Å²) < 4.78 is 25.8. The fourth-order valence-electron chi connectivity index (χ4n) is 3.54. The molecule has 1 saturated carbocycles. The van der Waals surface area contributed by atoms with E-state index in [1.54, 1.807) is 6.07 Å². The first-order valence-electron chi connectivity index (χ1n) is 7.77. The minimum Gasteiger partial charge on any atom is -0.486 e. The zero-order valence-electron chi connectivity index (χ0n) is 12.1. The number of hydrogen-bond donors (Lipinski definition) is 0. The summed E-state index contributed by atoms with van der Waals surface area (Å²) in [6.07, 6.45) is 7.86. The lowest BCUT2D eigenvalue weighted by Crippen LogP contribution is -2.45. The second-order valence-electron chi connectivity index (χ2n) is 6.10.